The molecule has 0 aliphatic carbocycles. The van der Waals surface area contributed by atoms with Crippen molar-refractivity contribution in [1.82, 2.24) is 0 Å². The highest BCUT2D eigenvalue weighted by Crippen LogP contribution is 2.41. The minimum atomic E-state index is -0.108. The Kier molecular flexibility index (Phi) is 2.12. The molecular formula is C8H14O2S. The molecule has 2 fully saturated rings. The Morgan fingerprint density at radius 3 is 1.73 bits per heavy atom. The van der Waals surface area contributed by atoms with Crippen LogP contribution in [0.4, 0.5) is 0 Å². The van der Waals surface area contributed by atoms with Gasteiger partial charge < -0.3 is 10.2 Å². The van der Waals surface area contributed by atoms with E-state index >= 15 is 0 Å². The van der Waals surface area contributed by atoms with Gasteiger partial charge in [0.15, 0.2) is 0 Å². The Hall–Kier alpha value is 0.270. The van der Waals surface area contributed by atoms with Crippen molar-refractivity contribution in [2.45, 2.75) is 48.4 Å². The number of aliphatic hydroxyl groups is 2. The highest BCUT2D eigenvalue weighted by atomic mass is 32.2. The first-order chi connectivity index (χ1) is 5.27. The second-order valence-corrected chi connectivity index (χ2v) is 4.99. The van der Waals surface area contributed by atoms with Gasteiger partial charge in [0.25, 0.3) is 0 Å². The normalized spacial score (nSPS) is 50.7. The lowest BCUT2D eigenvalue weighted by molar-refractivity contribution is 0.0913. The smallest absolute Gasteiger partial charge is 0.0659 e. The van der Waals surface area contributed by atoms with Gasteiger partial charge in [-0.15, -0.1) is 11.8 Å². The van der Waals surface area contributed by atoms with Crippen LogP contribution in [0.3, 0.4) is 0 Å². The van der Waals surface area contributed by atoms with E-state index in [0.29, 0.717) is 10.5 Å². The predicted octanol–water partition coefficient (Wildman–Crippen LogP) is 0.766. The van der Waals surface area contributed by atoms with E-state index in [1.807, 2.05) is 0 Å². The van der Waals surface area contributed by atoms with Gasteiger partial charge in [0.1, 0.15) is 0 Å². The molecule has 0 aromatic rings. The standard InChI is InChI=1S/C8H14O2S/c9-5-1-3-7-6(10)2-4-8(5)11-7/h5-10H,1-4H2/t5-,6-,7-,8-/m1/s1. The average molecular weight is 174 g/mol. The molecule has 0 unspecified atom stereocenters. The molecular weight excluding hydrogens is 160 g/mol. The Bertz CT molecular complexity index is 135. The van der Waals surface area contributed by atoms with E-state index in [1.165, 1.54) is 0 Å². The Labute approximate surface area is 71.0 Å². The van der Waals surface area contributed by atoms with Gasteiger partial charge in [-0.2, -0.15) is 0 Å². The number of hydrogen-bond donors (Lipinski definition) is 2. The third-order valence-electron chi connectivity index (χ3n) is 2.70. The van der Waals surface area contributed by atoms with Crippen molar-refractivity contribution in [3.63, 3.8) is 0 Å². The number of fused-ring (bicyclic) bond motifs is 2. The van der Waals surface area contributed by atoms with Crippen LogP contribution in [-0.2, 0) is 0 Å². The number of rotatable bonds is 0. The first-order valence-electron chi connectivity index (χ1n) is 4.29. The largest absolute Gasteiger partial charge is 0.392 e. The summed E-state index contributed by atoms with van der Waals surface area (Å²) in [6.45, 7) is 0. The summed E-state index contributed by atoms with van der Waals surface area (Å²) in [6, 6.07) is 0. The van der Waals surface area contributed by atoms with Crippen molar-refractivity contribution in [2.75, 3.05) is 0 Å². The summed E-state index contributed by atoms with van der Waals surface area (Å²) in [6.07, 6.45) is 3.54. The zero-order valence-electron chi connectivity index (χ0n) is 6.44. The van der Waals surface area contributed by atoms with E-state index in [1.54, 1.807) is 11.8 Å². The number of thioether (sulfide) groups is 1. The first kappa shape index (κ1) is 7.90. The summed E-state index contributed by atoms with van der Waals surface area (Å²) in [5, 5.41) is 19.8. The maximum Gasteiger partial charge on any atom is 0.0659 e. The maximum absolute atomic E-state index is 9.50. The van der Waals surface area contributed by atoms with Gasteiger partial charge in [0.2, 0.25) is 0 Å². The van der Waals surface area contributed by atoms with Gasteiger partial charge in [0, 0.05) is 10.5 Å². The SMILES string of the molecule is O[C@@H]1CC[C@H]2S[C@@H]1CC[C@H]2O. The summed E-state index contributed by atoms with van der Waals surface area (Å²) >= 11 is 1.79. The molecule has 11 heavy (non-hydrogen) atoms. The predicted molar refractivity (Wildman–Crippen MR) is 45.6 cm³/mol. The highest BCUT2D eigenvalue weighted by molar-refractivity contribution is 8.00. The molecule has 2 aliphatic rings. The molecule has 4 atom stereocenters. The molecule has 0 spiro atoms. The molecule has 2 saturated heterocycles. The van der Waals surface area contributed by atoms with Crippen molar-refractivity contribution in [3.8, 4) is 0 Å². The lowest BCUT2D eigenvalue weighted by Gasteiger charge is -2.40. The van der Waals surface area contributed by atoms with Crippen molar-refractivity contribution >= 4 is 11.8 Å². The van der Waals surface area contributed by atoms with Gasteiger partial charge in [-0.05, 0) is 25.7 Å². The van der Waals surface area contributed by atoms with Crippen molar-refractivity contribution in [3.05, 3.63) is 0 Å². The van der Waals surface area contributed by atoms with Crippen molar-refractivity contribution < 1.29 is 10.2 Å². The van der Waals surface area contributed by atoms with Crippen LogP contribution in [0.15, 0.2) is 0 Å². The summed E-state index contributed by atoms with van der Waals surface area (Å²) in [5.74, 6) is 0. The topological polar surface area (TPSA) is 40.5 Å². The van der Waals surface area contributed by atoms with E-state index in [4.69, 9.17) is 0 Å². The van der Waals surface area contributed by atoms with Gasteiger partial charge >= 0.3 is 0 Å². The van der Waals surface area contributed by atoms with Crippen LogP contribution < -0.4 is 0 Å². The van der Waals surface area contributed by atoms with Crippen LogP contribution in [0.25, 0.3) is 0 Å². The molecule has 3 heteroatoms. The third-order valence-corrected chi connectivity index (χ3v) is 4.50. The molecule has 2 bridgehead atoms. The Morgan fingerprint density at radius 1 is 0.818 bits per heavy atom. The molecule has 0 saturated carbocycles. The minimum Gasteiger partial charge on any atom is -0.392 e. The van der Waals surface area contributed by atoms with E-state index in [0.717, 1.165) is 25.7 Å². The second-order valence-electron chi connectivity index (χ2n) is 3.50. The fourth-order valence-corrected chi connectivity index (χ4v) is 3.60. The van der Waals surface area contributed by atoms with E-state index in [-0.39, 0.29) is 12.2 Å². The molecule has 0 aromatic carbocycles. The van der Waals surface area contributed by atoms with Crippen LogP contribution in [0.1, 0.15) is 25.7 Å². The molecule has 2 N–H and O–H groups in total. The fourth-order valence-electron chi connectivity index (χ4n) is 1.97. The molecule has 2 aliphatic heterocycles. The van der Waals surface area contributed by atoms with Gasteiger partial charge in [-0.1, -0.05) is 0 Å². The fraction of sp³-hybridized carbons (Fsp3) is 1.00. The third kappa shape index (κ3) is 1.42. The molecule has 2 nitrogen and oxygen atoms in total. The zero-order valence-corrected chi connectivity index (χ0v) is 7.26. The molecule has 0 radical (unpaired) electrons. The zero-order chi connectivity index (χ0) is 7.84. The van der Waals surface area contributed by atoms with Gasteiger partial charge in [-0.3, -0.25) is 0 Å². The molecule has 0 aromatic heterocycles. The Morgan fingerprint density at radius 2 is 1.27 bits per heavy atom. The molecule has 2 heterocycles. The second kappa shape index (κ2) is 2.96. The summed E-state index contributed by atoms with van der Waals surface area (Å²) in [7, 11) is 0. The first-order valence-corrected chi connectivity index (χ1v) is 5.23. The quantitative estimate of drug-likeness (QED) is 0.570. The summed E-state index contributed by atoms with van der Waals surface area (Å²) < 4.78 is 0. The van der Waals surface area contributed by atoms with Gasteiger partial charge in [-0.25, -0.2) is 0 Å². The van der Waals surface area contributed by atoms with Crippen molar-refractivity contribution in [2.24, 2.45) is 0 Å². The summed E-state index contributed by atoms with van der Waals surface area (Å²) in [4.78, 5) is 0. The van der Waals surface area contributed by atoms with E-state index in [9.17, 15) is 10.2 Å². The van der Waals surface area contributed by atoms with Crippen LogP contribution >= 0.6 is 11.8 Å². The summed E-state index contributed by atoms with van der Waals surface area (Å²) in [5.41, 5.74) is 0. The van der Waals surface area contributed by atoms with Crippen LogP contribution in [0, 0.1) is 0 Å². The van der Waals surface area contributed by atoms with Crippen molar-refractivity contribution in [1.29, 1.82) is 0 Å². The average Bonchev–Trinajstić information content (AvgIpc) is 2.02. The monoisotopic (exact) mass is 174 g/mol. The van der Waals surface area contributed by atoms with E-state index < -0.39 is 0 Å². The van der Waals surface area contributed by atoms with Crippen LogP contribution in [0.5, 0.6) is 0 Å². The van der Waals surface area contributed by atoms with Crippen LogP contribution in [-0.4, -0.2) is 32.9 Å². The number of hydrogen-bond acceptors (Lipinski definition) is 3. The lowest BCUT2D eigenvalue weighted by Crippen LogP contribution is -2.41. The lowest BCUT2D eigenvalue weighted by atomic mass is 9.95. The van der Waals surface area contributed by atoms with Gasteiger partial charge in [0.05, 0.1) is 12.2 Å². The van der Waals surface area contributed by atoms with Crippen LogP contribution in [0.2, 0.25) is 0 Å². The maximum atomic E-state index is 9.50. The number of aliphatic hydroxyl groups excluding tert-OH is 2. The molecule has 2 rings (SSSR count). The Balaban J connectivity index is 2.02. The highest BCUT2D eigenvalue weighted by Gasteiger charge is 2.37. The minimum absolute atomic E-state index is 0.108. The molecule has 0 amide bonds. The molecule has 64 valence electrons. The van der Waals surface area contributed by atoms with E-state index in [2.05, 4.69) is 0 Å².